The molecule has 1 amide bonds. The molecule has 0 radical (unpaired) electrons. The van der Waals surface area contributed by atoms with Crippen LogP contribution < -0.4 is 10.6 Å². The molecule has 0 spiro atoms. The fourth-order valence-corrected chi connectivity index (χ4v) is 2.90. The number of amides is 1. The van der Waals surface area contributed by atoms with Crippen molar-refractivity contribution in [2.45, 2.75) is 64.5 Å². The molecular formula is C18H25N5O2. The van der Waals surface area contributed by atoms with Gasteiger partial charge in [0.1, 0.15) is 5.82 Å². The van der Waals surface area contributed by atoms with E-state index < -0.39 is 0 Å². The Balaban J connectivity index is 1.51. The summed E-state index contributed by atoms with van der Waals surface area (Å²) in [6.45, 7) is 4.19. The number of aromatic nitrogens is 3. The van der Waals surface area contributed by atoms with Crippen LogP contribution in [0.4, 0.5) is 5.82 Å². The average molecular weight is 343 g/mol. The lowest BCUT2D eigenvalue weighted by atomic mass is 9.95. The van der Waals surface area contributed by atoms with Crippen molar-refractivity contribution in [1.29, 1.82) is 0 Å². The molecule has 0 bridgehead atoms. The predicted octanol–water partition coefficient (Wildman–Crippen LogP) is 3.26. The van der Waals surface area contributed by atoms with Crippen LogP contribution in [0.25, 0.3) is 0 Å². The molecule has 3 rings (SSSR count). The van der Waals surface area contributed by atoms with Crippen LogP contribution in [0.15, 0.2) is 22.9 Å². The summed E-state index contributed by atoms with van der Waals surface area (Å²) in [5.41, 5.74) is 0.516. The molecule has 25 heavy (non-hydrogen) atoms. The van der Waals surface area contributed by atoms with E-state index in [0.29, 0.717) is 23.3 Å². The van der Waals surface area contributed by atoms with Crippen LogP contribution in [-0.2, 0) is 6.54 Å². The van der Waals surface area contributed by atoms with Crippen LogP contribution >= 0.6 is 0 Å². The second-order valence-electron chi connectivity index (χ2n) is 6.80. The summed E-state index contributed by atoms with van der Waals surface area (Å²) in [4.78, 5) is 20.8. The molecule has 1 aliphatic carbocycles. The quantitative estimate of drug-likeness (QED) is 0.836. The average Bonchev–Trinajstić information content (AvgIpc) is 3.11. The van der Waals surface area contributed by atoms with Gasteiger partial charge in [-0.3, -0.25) is 4.79 Å². The number of nitrogens with zero attached hydrogens (tertiary/aromatic N) is 3. The van der Waals surface area contributed by atoms with E-state index in [1.807, 2.05) is 19.9 Å². The van der Waals surface area contributed by atoms with Crippen molar-refractivity contribution in [3.63, 3.8) is 0 Å². The minimum absolute atomic E-state index is 0.172. The van der Waals surface area contributed by atoms with E-state index in [9.17, 15) is 4.79 Å². The first-order valence-corrected chi connectivity index (χ1v) is 8.95. The zero-order valence-electron chi connectivity index (χ0n) is 14.8. The summed E-state index contributed by atoms with van der Waals surface area (Å²) in [5, 5.41) is 10.1. The molecular weight excluding hydrogens is 318 g/mol. The van der Waals surface area contributed by atoms with Gasteiger partial charge in [0.2, 0.25) is 5.89 Å². The van der Waals surface area contributed by atoms with Crippen LogP contribution in [0.3, 0.4) is 0 Å². The van der Waals surface area contributed by atoms with Gasteiger partial charge in [0, 0.05) is 18.2 Å². The smallest absolute Gasteiger partial charge is 0.253 e. The zero-order valence-corrected chi connectivity index (χ0v) is 14.8. The monoisotopic (exact) mass is 343 g/mol. The molecule has 0 aliphatic heterocycles. The van der Waals surface area contributed by atoms with Gasteiger partial charge >= 0.3 is 0 Å². The highest BCUT2D eigenvalue weighted by atomic mass is 16.5. The Labute approximate surface area is 147 Å². The number of carbonyl (C=O) groups is 1. The number of carbonyl (C=O) groups excluding carboxylic acids is 1. The number of pyridine rings is 1. The summed E-state index contributed by atoms with van der Waals surface area (Å²) in [5.74, 6) is 1.84. The molecule has 7 heteroatoms. The maximum Gasteiger partial charge on any atom is 0.253 e. The lowest BCUT2D eigenvalue weighted by molar-refractivity contribution is 0.0949. The van der Waals surface area contributed by atoms with Gasteiger partial charge in [-0.1, -0.05) is 38.3 Å². The van der Waals surface area contributed by atoms with Gasteiger partial charge in [-0.15, -0.1) is 0 Å². The first kappa shape index (κ1) is 17.4. The van der Waals surface area contributed by atoms with Crippen molar-refractivity contribution in [1.82, 2.24) is 20.4 Å². The Hall–Kier alpha value is -2.44. The first-order valence-electron chi connectivity index (χ1n) is 8.95. The highest BCUT2D eigenvalue weighted by Crippen LogP contribution is 2.20. The van der Waals surface area contributed by atoms with Crippen molar-refractivity contribution >= 4 is 11.7 Å². The summed E-state index contributed by atoms with van der Waals surface area (Å²) in [7, 11) is 0. The molecule has 7 nitrogen and oxygen atoms in total. The molecule has 0 aromatic carbocycles. The maximum absolute atomic E-state index is 12.2. The SMILES string of the molecule is CC(C)c1nc(CNC(=O)c2ccc(NC3CCCCC3)nc2)no1. The highest BCUT2D eigenvalue weighted by molar-refractivity contribution is 5.93. The van der Waals surface area contributed by atoms with Gasteiger partial charge in [-0.25, -0.2) is 4.98 Å². The third-order valence-electron chi connectivity index (χ3n) is 4.37. The predicted molar refractivity (Wildman–Crippen MR) is 94.3 cm³/mol. The summed E-state index contributed by atoms with van der Waals surface area (Å²) >= 11 is 0. The number of hydrogen-bond acceptors (Lipinski definition) is 6. The molecule has 134 valence electrons. The fraction of sp³-hybridized carbons (Fsp3) is 0.556. The number of nitrogens with one attached hydrogen (secondary N) is 2. The Morgan fingerprint density at radius 1 is 1.28 bits per heavy atom. The Morgan fingerprint density at radius 2 is 2.08 bits per heavy atom. The lowest BCUT2D eigenvalue weighted by Crippen LogP contribution is -2.24. The van der Waals surface area contributed by atoms with E-state index in [1.54, 1.807) is 12.3 Å². The van der Waals surface area contributed by atoms with Gasteiger partial charge in [-0.05, 0) is 25.0 Å². The normalized spacial score (nSPS) is 15.3. The molecule has 1 saturated carbocycles. The van der Waals surface area contributed by atoms with Crippen molar-refractivity contribution in [2.24, 2.45) is 0 Å². The van der Waals surface area contributed by atoms with E-state index in [2.05, 4.69) is 25.8 Å². The van der Waals surface area contributed by atoms with E-state index in [1.165, 1.54) is 32.1 Å². The zero-order chi connectivity index (χ0) is 17.6. The fourth-order valence-electron chi connectivity index (χ4n) is 2.90. The van der Waals surface area contributed by atoms with E-state index in [4.69, 9.17) is 4.52 Å². The Kier molecular flexibility index (Phi) is 5.63. The molecule has 2 aromatic rings. The molecule has 0 unspecified atom stereocenters. The van der Waals surface area contributed by atoms with Crippen LogP contribution in [0.5, 0.6) is 0 Å². The summed E-state index contributed by atoms with van der Waals surface area (Å²) in [6.07, 6.45) is 7.83. The van der Waals surface area contributed by atoms with E-state index in [0.717, 1.165) is 5.82 Å². The van der Waals surface area contributed by atoms with Crippen molar-refractivity contribution in [3.8, 4) is 0 Å². The largest absolute Gasteiger partial charge is 0.367 e. The number of rotatable bonds is 6. The Morgan fingerprint density at radius 3 is 2.72 bits per heavy atom. The molecule has 2 N–H and O–H groups in total. The molecule has 0 saturated heterocycles. The van der Waals surface area contributed by atoms with Gasteiger partial charge in [0.25, 0.3) is 5.91 Å². The third kappa shape index (κ3) is 4.78. The van der Waals surface area contributed by atoms with Gasteiger partial charge < -0.3 is 15.2 Å². The molecule has 1 fully saturated rings. The standard InChI is InChI=1S/C18H25N5O2/c1-12(2)18-22-16(23-25-18)11-20-17(24)13-8-9-15(19-10-13)21-14-6-4-3-5-7-14/h8-10,12,14H,3-7,11H2,1-2H3,(H,19,21)(H,20,24). The van der Waals surface area contributed by atoms with Crippen LogP contribution in [0.1, 0.15) is 73.9 Å². The minimum atomic E-state index is -0.201. The van der Waals surface area contributed by atoms with Gasteiger partial charge in [0.05, 0.1) is 12.1 Å². The van der Waals surface area contributed by atoms with Crippen molar-refractivity contribution in [3.05, 3.63) is 35.6 Å². The van der Waals surface area contributed by atoms with E-state index >= 15 is 0 Å². The number of anilines is 1. The van der Waals surface area contributed by atoms with Crippen molar-refractivity contribution < 1.29 is 9.32 Å². The minimum Gasteiger partial charge on any atom is -0.367 e. The van der Waals surface area contributed by atoms with Crippen LogP contribution in [0.2, 0.25) is 0 Å². The Bertz CT molecular complexity index is 690. The molecule has 2 heterocycles. The second kappa shape index (κ2) is 8.09. The highest BCUT2D eigenvalue weighted by Gasteiger charge is 2.14. The van der Waals surface area contributed by atoms with Crippen LogP contribution in [-0.4, -0.2) is 27.1 Å². The number of hydrogen-bond donors (Lipinski definition) is 2. The summed E-state index contributed by atoms with van der Waals surface area (Å²) < 4.78 is 5.12. The lowest BCUT2D eigenvalue weighted by Gasteiger charge is -2.23. The topological polar surface area (TPSA) is 92.9 Å². The van der Waals surface area contributed by atoms with Gasteiger partial charge in [-0.2, -0.15) is 4.98 Å². The molecule has 2 aromatic heterocycles. The second-order valence-corrected chi connectivity index (χ2v) is 6.80. The molecule has 0 atom stereocenters. The summed E-state index contributed by atoms with van der Waals surface area (Å²) in [6, 6.07) is 4.13. The third-order valence-corrected chi connectivity index (χ3v) is 4.37. The van der Waals surface area contributed by atoms with E-state index in [-0.39, 0.29) is 18.4 Å². The van der Waals surface area contributed by atoms with Gasteiger partial charge in [0.15, 0.2) is 5.82 Å². The first-order chi connectivity index (χ1) is 12.1. The van der Waals surface area contributed by atoms with Crippen LogP contribution in [0, 0.1) is 0 Å². The maximum atomic E-state index is 12.2. The van der Waals surface area contributed by atoms with Crippen molar-refractivity contribution in [2.75, 3.05) is 5.32 Å². The molecule has 1 aliphatic rings.